The van der Waals surface area contributed by atoms with E-state index in [4.69, 9.17) is 4.74 Å². The van der Waals surface area contributed by atoms with Crippen molar-refractivity contribution in [2.75, 3.05) is 25.1 Å². The number of non-ortho nitro benzene ring substituents is 1. The molecule has 21 heavy (non-hydrogen) atoms. The topological polar surface area (TPSA) is 77.3 Å². The largest absolute Gasteiger partial charge is 0.382 e. The lowest BCUT2D eigenvalue weighted by molar-refractivity contribution is -0.383. The third kappa shape index (κ3) is 3.82. The van der Waals surface area contributed by atoms with E-state index in [-0.39, 0.29) is 12.3 Å². The molecule has 0 unspecified atom stereocenters. The Labute approximate surface area is 118 Å². The van der Waals surface area contributed by atoms with Gasteiger partial charge in [-0.05, 0) is 12.1 Å². The zero-order chi connectivity index (χ0) is 15.2. The number of halogens is 2. The molecular weight excluding hydrogens is 284 g/mol. The van der Waals surface area contributed by atoms with E-state index in [1.807, 2.05) is 0 Å². The van der Waals surface area contributed by atoms with Gasteiger partial charge in [0.1, 0.15) is 6.61 Å². The molecule has 0 aliphatic heterocycles. The summed E-state index contributed by atoms with van der Waals surface area (Å²) in [6.07, 6.45) is 0.465. The summed E-state index contributed by atoms with van der Waals surface area (Å²) in [5, 5.41) is 15.0. The van der Waals surface area contributed by atoms with Crippen molar-refractivity contribution in [2.24, 2.45) is 0 Å². The molecule has 0 spiro atoms. The fourth-order valence-corrected chi connectivity index (χ4v) is 1.92. The van der Waals surface area contributed by atoms with Crippen LogP contribution in [-0.4, -0.2) is 36.1 Å². The number of hydrogen-bond donors (Lipinski definition) is 1. The Morgan fingerprint density at radius 1 is 1.33 bits per heavy atom. The third-order valence-corrected chi connectivity index (χ3v) is 2.80. The van der Waals surface area contributed by atoms with E-state index in [0.29, 0.717) is 23.0 Å². The van der Waals surface area contributed by atoms with Gasteiger partial charge in [0.25, 0.3) is 12.1 Å². The number of nitro benzene ring substituents is 1. The maximum atomic E-state index is 11.9. The van der Waals surface area contributed by atoms with Crippen LogP contribution in [0, 0.1) is 10.1 Å². The van der Waals surface area contributed by atoms with E-state index >= 15 is 0 Å². The average molecular weight is 297 g/mol. The quantitative estimate of drug-likeness (QED) is 0.483. The van der Waals surface area contributed by atoms with Crippen LogP contribution in [0.1, 0.15) is 0 Å². The van der Waals surface area contributed by atoms with E-state index in [9.17, 15) is 18.9 Å². The van der Waals surface area contributed by atoms with Crippen LogP contribution in [0.15, 0.2) is 30.6 Å². The summed E-state index contributed by atoms with van der Waals surface area (Å²) in [6.45, 7) is -0.164. The van der Waals surface area contributed by atoms with Crippen LogP contribution in [0.2, 0.25) is 0 Å². The van der Waals surface area contributed by atoms with Gasteiger partial charge in [-0.15, -0.1) is 0 Å². The first-order valence-electron chi connectivity index (χ1n) is 6.20. The van der Waals surface area contributed by atoms with Crippen molar-refractivity contribution in [3.8, 4) is 0 Å². The Morgan fingerprint density at radius 2 is 2.14 bits per heavy atom. The van der Waals surface area contributed by atoms with Gasteiger partial charge in [0.15, 0.2) is 0 Å². The van der Waals surface area contributed by atoms with Crippen molar-refractivity contribution < 1.29 is 18.4 Å². The number of nitrogens with one attached hydrogen (secondary N) is 1. The summed E-state index contributed by atoms with van der Waals surface area (Å²) in [7, 11) is 0. The van der Waals surface area contributed by atoms with Crippen molar-refractivity contribution in [1.82, 2.24) is 4.98 Å². The van der Waals surface area contributed by atoms with Crippen LogP contribution in [-0.2, 0) is 4.74 Å². The molecule has 6 nitrogen and oxygen atoms in total. The Morgan fingerprint density at radius 3 is 2.86 bits per heavy atom. The molecule has 8 heteroatoms. The van der Waals surface area contributed by atoms with Gasteiger partial charge in [0.05, 0.1) is 16.9 Å². The van der Waals surface area contributed by atoms with Crippen LogP contribution < -0.4 is 5.32 Å². The second kappa shape index (κ2) is 6.89. The number of pyridine rings is 1. The standard InChI is InChI=1S/C13H13F2N3O3/c14-13(15)8-21-6-5-17-11-1-2-12(18(19)20)10-7-16-4-3-9(10)11/h1-4,7,13,17H,5-6,8H2. The maximum Gasteiger partial charge on any atom is 0.278 e. The molecule has 0 amide bonds. The number of ether oxygens (including phenoxy) is 1. The molecular formula is C13H13F2N3O3. The molecule has 0 fully saturated rings. The summed E-state index contributed by atoms with van der Waals surface area (Å²) in [4.78, 5) is 14.4. The van der Waals surface area contributed by atoms with Gasteiger partial charge in [-0.3, -0.25) is 15.1 Å². The Balaban J connectivity index is 2.11. The highest BCUT2D eigenvalue weighted by atomic mass is 19.3. The summed E-state index contributed by atoms with van der Waals surface area (Å²) >= 11 is 0. The second-order valence-corrected chi connectivity index (χ2v) is 4.20. The number of fused-ring (bicyclic) bond motifs is 1. The molecule has 1 aromatic heterocycles. The van der Waals surface area contributed by atoms with Gasteiger partial charge in [-0.25, -0.2) is 8.78 Å². The van der Waals surface area contributed by atoms with Gasteiger partial charge in [0.2, 0.25) is 0 Å². The fourth-order valence-electron chi connectivity index (χ4n) is 1.92. The van der Waals surface area contributed by atoms with E-state index in [1.165, 1.54) is 18.5 Å². The van der Waals surface area contributed by atoms with Crippen molar-refractivity contribution in [1.29, 1.82) is 0 Å². The molecule has 0 atom stereocenters. The molecule has 0 aliphatic rings. The molecule has 0 saturated carbocycles. The minimum atomic E-state index is -2.49. The SMILES string of the molecule is O=[N+]([O-])c1ccc(NCCOCC(F)F)c2ccncc12. The van der Waals surface area contributed by atoms with Gasteiger partial charge in [0, 0.05) is 36.1 Å². The summed E-state index contributed by atoms with van der Waals surface area (Å²) in [5.74, 6) is 0. The Kier molecular flexibility index (Phi) is 4.94. The summed E-state index contributed by atoms with van der Waals surface area (Å²) in [6, 6.07) is 4.62. The highest BCUT2D eigenvalue weighted by Crippen LogP contribution is 2.30. The smallest absolute Gasteiger partial charge is 0.278 e. The number of rotatable bonds is 7. The highest BCUT2D eigenvalue weighted by Gasteiger charge is 2.14. The minimum Gasteiger partial charge on any atom is -0.382 e. The monoisotopic (exact) mass is 297 g/mol. The lowest BCUT2D eigenvalue weighted by Gasteiger charge is -2.10. The van der Waals surface area contributed by atoms with Crippen LogP contribution >= 0.6 is 0 Å². The highest BCUT2D eigenvalue weighted by molar-refractivity contribution is 5.99. The first kappa shape index (κ1) is 15.0. The van der Waals surface area contributed by atoms with Crippen molar-refractivity contribution in [3.05, 3.63) is 40.7 Å². The lowest BCUT2D eigenvalue weighted by Crippen LogP contribution is -2.13. The molecule has 0 saturated heterocycles. The number of benzene rings is 1. The van der Waals surface area contributed by atoms with Gasteiger partial charge in [-0.1, -0.05) is 0 Å². The second-order valence-electron chi connectivity index (χ2n) is 4.20. The number of nitrogens with zero attached hydrogens (tertiary/aromatic N) is 2. The average Bonchev–Trinajstić information content (AvgIpc) is 2.46. The predicted octanol–water partition coefficient (Wildman–Crippen LogP) is 2.84. The molecule has 0 aliphatic carbocycles. The molecule has 1 aromatic carbocycles. The van der Waals surface area contributed by atoms with Crippen molar-refractivity contribution in [2.45, 2.75) is 6.43 Å². The van der Waals surface area contributed by atoms with Crippen molar-refractivity contribution >= 4 is 22.1 Å². The van der Waals surface area contributed by atoms with Gasteiger partial charge >= 0.3 is 0 Å². The fraction of sp³-hybridized carbons (Fsp3) is 0.308. The first-order chi connectivity index (χ1) is 10.1. The zero-order valence-corrected chi connectivity index (χ0v) is 11.0. The lowest BCUT2D eigenvalue weighted by atomic mass is 10.1. The van der Waals surface area contributed by atoms with Crippen LogP contribution in [0.5, 0.6) is 0 Å². The molecule has 1 N–H and O–H groups in total. The Hall–Kier alpha value is -2.35. The maximum absolute atomic E-state index is 11.9. The van der Waals surface area contributed by atoms with Crippen LogP contribution in [0.25, 0.3) is 10.8 Å². The number of alkyl halides is 2. The number of hydrogen-bond acceptors (Lipinski definition) is 5. The van der Waals surface area contributed by atoms with Gasteiger partial charge < -0.3 is 10.1 Å². The molecule has 0 radical (unpaired) electrons. The van der Waals surface area contributed by atoms with E-state index in [2.05, 4.69) is 10.3 Å². The minimum absolute atomic E-state index is 0.0300. The number of aromatic nitrogens is 1. The summed E-state index contributed by atoms with van der Waals surface area (Å²) in [5.41, 5.74) is 0.635. The van der Waals surface area contributed by atoms with E-state index in [0.717, 1.165) is 0 Å². The predicted molar refractivity (Wildman–Crippen MR) is 73.7 cm³/mol. The van der Waals surface area contributed by atoms with E-state index < -0.39 is 18.0 Å². The van der Waals surface area contributed by atoms with Crippen LogP contribution in [0.4, 0.5) is 20.2 Å². The molecule has 0 bridgehead atoms. The first-order valence-corrected chi connectivity index (χ1v) is 6.20. The normalized spacial score (nSPS) is 11.0. The summed E-state index contributed by atoms with van der Waals surface area (Å²) < 4.78 is 28.6. The van der Waals surface area contributed by atoms with E-state index in [1.54, 1.807) is 12.1 Å². The molecule has 112 valence electrons. The number of anilines is 1. The third-order valence-electron chi connectivity index (χ3n) is 2.80. The molecule has 2 aromatic rings. The zero-order valence-electron chi connectivity index (χ0n) is 11.0. The van der Waals surface area contributed by atoms with Gasteiger partial charge in [-0.2, -0.15) is 0 Å². The van der Waals surface area contributed by atoms with Crippen molar-refractivity contribution in [3.63, 3.8) is 0 Å². The number of nitro groups is 1. The molecule has 2 rings (SSSR count). The molecule has 1 heterocycles. The van der Waals surface area contributed by atoms with Crippen LogP contribution in [0.3, 0.4) is 0 Å². The Bertz CT molecular complexity index is 637.